The van der Waals surface area contributed by atoms with E-state index < -0.39 is 20.6 Å². The Kier molecular flexibility index (Phi) is 5.31. The molecule has 4 aromatic rings. The monoisotopic (exact) mass is 435 g/mol. The van der Waals surface area contributed by atoms with Crippen LogP contribution in [0.15, 0.2) is 88.1 Å². The molecule has 0 atom stereocenters. The van der Waals surface area contributed by atoms with Gasteiger partial charge in [-0.1, -0.05) is 24.3 Å². The van der Waals surface area contributed by atoms with Crippen molar-refractivity contribution in [2.45, 2.75) is 4.90 Å². The number of allylic oxidation sites excluding steroid dienone is 1. The second-order valence-electron chi connectivity index (χ2n) is 6.27. The molecule has 2 aromatic heterocycles. The SMILES string of the molecule is N#C/C(=C\c1cn(-c2ccccc2)nc1-c1cccs1)S(=O)(=O)c1ccc(F)cc1. The summed E-state index contributed by atoms with van der Waals surface area (Å²) in [7, 11) is -4.11. The number of nitrogens with zero attached hydrogens (tertiary/aromatic N) is 3. The first-order valence-electron chi connectivity index (χ1n) is 8.80. The molecule has 0 spiro atoms. The fourth-order valence-corrected chi connectivity index (χ4v) is 4.74. The maximum Gasteiger partial charge on any atom is 0.216 e. The van der Waals surface area contributed by atoms with Crippen LogP contribution in [0.4, 0.5) is 4.39 Å². The van der Waals surface area contributed by atoms with Crippen LogP contribution in [0.3, 0.4) is 0 Å². The van der Waals surface area contributed by atoms with Gasteiger partial charge in [0, 0.05) is 11.8 Å². The number of hydrogen-bond acceptors (Lipinski definition) is 5. The first-order chi connectivity index (χ1) is 14.5. The van der Waals surface area contributed by atoms with E-state index in [0.29, 0.717) is 11.3 Å². The Morgan fingerprint density at radius 3 is 2.43 bits per heavy atom. The Morgan fingerprint density at radius 1 is 1.07 bits per heavy atom. The minimum absolute atomic E-state index is 0.148. The summed E-state index contributed by atoms with van der Waals surface area (Å²) < 4.78 is 40.7. The number of para-hydroxylation sites is 1. The van der Waals surface area contributed by atoms with Gasteiger partial charge in [0.25, 0.3) is 0 Å². The smallest absolute Gasteiger partial charge is 0.216 e. The van der Waals surface area contributed by atoms with Gasteiger partial charge >= 0.3 is 0 Å². The van der Waals surface area contributed by atoms with Crippen LogP contribution in [0.5, 0.6) is 0 Å². The highest BCUT2D eigenvalue weighted by molar-refractivity contribution is 7.95. The lowest BCUT2D eigenvalue weighted by atomic mass is 10.2. The van der Waals surface area contributed by atoms with Crippen molar-refractivity contribution in [3.8, 4) is 22.3 Å². The van der Waals surface area contributed by atoms with Gasteiger partial charge in [0.2, 0.25) is 9.84 Å². The molecule has 8 heteroatoms. The molecule has 30 heavy (non-hydrogen) atoms. The fraction of sp³-hybridized carbons (Fsp3) is 0. The number of halogens is 1. The highest BCUT2D eigenvalue weighted by atomic mass is 32.2. The van der Waals surface area contributed by atoms with E-state index in [0.717, 1.165) is 34.8 Å². The van der Waals surface area contributed by atoms with E-state index in [1.165, 1.54) is 17.4 Å². The van der Waals surface area contributed by atoms with Gasteiger partial charge in [-0.15, -0.1) is 11.3 Å². The summed E-state index contributed by atoms with van der Waals surface area (Å²) in [5.41, 5.74) is 1.86. The van der Waals surface area contributed by atoms with Crippen molar-refractivity contribution in [3.05, 3.63) is 94.6 Å². The van der Waals surface area contributed by atoms with Crippen molar-refractivity contribution in [1.82, 2.24) is 9.78 Å². The highest BCUT2D eigenvalue weighted by Gasteiger charge is 2.22. The third-order valence-corrected chi connectivity index (χ3v) is 6.89. The van der Waals surface area contributed by atoms with Crippen molar-refractivity contribution >= 4 is 27.3 Å². The molecule has 0 aliphatic rings. The zero-order valence-corrected chi connectivity index (χ0v) is 17.1. The van der Waals surface area contributed by atoms with Crippen LogP contribution in [0.2, 0.25) is 0 Å². The molecule has 0 amide bonds. The van der Waals surface area contributed by atoms with Gasteiger partial charge in [-0.2, -0.15) is 10.4 Å². The van der Waals surface area contributed by atoms with E-state index >= 15 is 0 Å². The van der Waals surface area contributed by atoms with Crippen LogP contribution >= 0.6 is 11.3 Å². The summed E-state index contributed by atoms with van der Waals surface area (Å²) in [6, 6.07) is 19.3. The molecule has 0 aliphatic carbocycles. The number of aromatic nitrogens is 2. The topological polar surface area (TPSA) is 75.8 Å². The lowest BCUT2D eigenvalue weighted by Crippen LogP contribution is -2.03. The summed E-state index contributed by atoms with van der Waals surface area (Å²) in [5.74, 6) is -0.555. The molecule has 0 saturated carbocycles. The van der Waals surface area contributed by atoms with Gasteiger partial charge in [0.15, 0.2) is 0 Å². The average molecular weight is 436 g/mol. The first-order valence-corrected chi connectivity index (χ1v) is 11.2. The van der Waals surface area contributed by atoms with Gasteiger partial charge in [0.1, 0.15) is 22.5 Å². The van der Waals surface area contributed by atoms with Gasteiger partial charge in [-0.25, -0.2) is 17.5 Å². The molecule has 148 valence electrons. The number of thiophene rings is 1. The van der Waals surface area contributed by atoms with Crippen molar-refractivity contribution in [2.75, 3.05) is 0 Å². The third kappa shape index (κ3) is 3.81. The molecule has 5 nitrogen and oxygen atoms in total. The molecule has 0 bridgehead atoms. The molecule has 0 fully saturated rings. The summed E-state index contributed by atoms with van der Waals surface area (Å²) in [6.07, 6.45) is 2.99. The van der Waals surface area contributed by atoms with Crippen molar-refractivity contribution in [3.63, 3.8) is 0 Å². The molecule has 0 radical (unpaired) electrons. The quantitative estimate of drug-likeness (QED) is 0.324. The van der Waals surface area contributed by atoms with E-state index in [1.54, 1.807) is 16.9 Å². The minimum Gasteiger partial charge on any atom is -0.240 e. The standard InChI is InChI=1S/C22H14FN3O2S2/c23-17-8-10-19(11-9-17)30(27,28)20(14-24)13-16-15-26(18-5-2-1-3-6-18)25-22(16)21-7-4-12-29-21/h1-13,15H/b20-13+. The maximum absolute atomic E-state index is 13.2. The van der Waals surface area contributed by atoms with Crippen LogP contribution in [-0.4, -0.2) is 18.2 Å². The maximum atomic E-state index is 13.2. The summed E-state index contributed by atoms with van der Waals surface area (Å²) in [6.45, 7) is 0. The normalized spacial score (nSPS) is 11.9. The van der Waals surface area contributed by atoms with E-state index in [4.69, 9.17) is 0 Å². The lowest BCUT2D eigenvalue weighted by molar-refractivity contribution is 0.601. The van der Waals surface area contributed by atoms with Crippen molar-refractivity contribution in [2.24, 2.45) is 0 Å². The molecule has 2 heterocycles. The summed E-state index contributed by atoms with van der Waals surface area (Å²) in [5, 5.41) is 16.1. The van der Waals surface area contributed by atoms with E-state index in [2.05, 4.69) is 5.10 Å². The third-order valence-electron chi connectivity index (χ3n) is 4.33. The number of hydrogen-bond donors (Lipinski definition) is 0. The Hall–Kier alpha value is -3.54. The van der Waals surface area contributed by atoms with Crippen molar-refractivity contribution in [1.29, 1.82) is 5.26 Å². The second kappa shape index (κ2) is 8.06. The second-order valence-corrected chi connectivity index (χ2v) is 9.13. The van der Waals surface area contributed by atoms with Gasteiger partial charge in [-0.05, 0) is 53.9 Å². The van der Waals surface area contributed by atoms with E-state index in [9.17, 15) is 18.1 Å². The van der Waals surface area contributed by atoms with Crippen LogP contribution < -0.4 is 0 Å². The van der Waals surface area contributed by atoms with Gasteiger partial charge < -0.3 is 0 Å². The molecule has 4 rings (SSSR count). The van der Waals surface area contributed by atoms with Gasteiger partial charge in [0.05, 0.1) is 15.5 Å². The Labute approximate surface area is 176 Å². The van der Waals surface area contributed by atoms with Crippen LogP contribution in [0.25, 0.3) is 22.3 Å². The zero-order valence-electron chi connectivity index (χ0n) is 15.4. The predicted octanol–water partition coefficient (Wildman–Crippen LogP) is 5.08. The Balaban J connectivity index is 1.86. The largest absolute Gasteiger partial charge is 0.240 e. The number of benzene rings is 2. The lowest BCUT2D eigenvalue weighted by Gasteiger charge is -2.03. The number of sulfone groups is 1. The van der Waals surface area contributed by atoms with Crippen LogP contribution in [0, 0.1) is 17.1 Å². The van der Waals surface area contributed by atoms with E-state index in [1.807, 2.05) is 47.8 Å². The summed E-state index contributed by atoms with van der Waals surface area (Å²) in [4.78, 5) is 0.247. The molecule has 2 aromatic carbocycles. The fourth-order valence-electron chi connectivity index (χ4n) is 2.86. The predicted molar refractivity (Wildman–Crippen MR) is 114 cm³/mol. The molecular weight excluding hydrogens is 421 g/mol. The van der Waals surface area contributed by atoms with E-state index in [-0.39, 0.29) is 4.90 Å². The molecule has 0 saturated heterocycles. The van der Waals surface area contributed by atoms with Crippen LogP contribution in [-0.2, 0) is 9.84 Å². The molecule has 0 aliphatic heterocycles. The molecule has 0 unspecified atom stereocenters. The van der Waals surface area contributed by atoms with Crippen molar-refractivity contribution < 1.29 is 12.8 Å². The Morgan fingerprint density at radius 2 is 1.80 bits per heavy atom. The first kappa shape index (κ1) is 19.8. The minimum atomic E-state index is -4.11. The number of nitriles is 1. The molecular formula is C22H14FN3O2S2. The van der Waals surface area contributed by atoms with Gasteiger partial charge in [-0.3, -0.25) is 0 Å². The number of rotatable bonds is 5. The average Bonchev–Trinajstić information content (AvgIpc) is 3.42. The molecule has 0 N–H and O–H groups in total. The summed E-state index contributed by atoms with van der Waals surface area (Å²) >= 11 is 1.46. The zero-order chi connectivity index (χ0) is 21.1. The highest BCUT2D eigenvalue weighted by Crippen LogP contribution is 2.31. The Bertz CT molecular complexity index is 1350. The van der Waals surface area contributed by atoms with Crippen LogP contribution in [0.1, 0.15) is 5.56 Å².